The standard InChI is InChI=1S/C26H30F2N4O3/c1-4-26(27,28)19-6-5-7-20(15-19)31-25(33)23-16(2)30-24(32(23)34)18-8-9-22(35-3)21(14-18)17-10-12-29-13-11-17/h5-9,14-15,17,29-30H,4,10-13H2,1-3H3,(H,31,33). The first kappa shape index (κ1) is 24.7. The average Bonchev–Trinajstić information content (AvgIpc) is 3.18. The number of piperidine rings is 1. The predicted octanol–water partition coefficient (Wildman–Crippen LogP) is 4.85. The minimum atomic E-state index is -3.00. The molecule has 2 aromatic carbocycles. The minimum absolute atomic E-state index is 0.119. The summed E-state index contributed by atoms with van der Waals surface area (Å²) in [5, 5.41) is 19.1. The fourth-order valence-electron chi connectivity index (χ4n) is 4.56. The monoisotopic (exact) mass is 484 g/mol. The Morgan fingerprint density at radius 3 is 2.66 bits per heavy atom. The van der Waals surface area contributed by atoms with Crippen LogP contribution in [0.1, 0.15) is 59.4 Å². The first-order valence-electron chi connectivity index (χ1n) is 11.8. The number of halogens is 2. The summed E-state index contributed by atoms with van der Waals surface area (Å²) in [5.41, 5.74) is 1.93. The fraction of sp³-hybridized carbons (Fsp3) is 0.385. The first-order valence-corrected chi connectivity index (χ1v) is 11.8. The number of carbonyl (C=O) groups is 1. The molecule has 1 saturated heterocycles. The van der Waals surface area contributed by atoms with E-state index < -0.39 is 11.8 Å². The van der Waals surface area contributed by atoms with Crippen LogP contribution >= 0.6 is 0 Å². The van der Waals surface area contributed by atoms with E-state index in [1.165, 1.54) is 31.2 Å². The van der Waals surface area contributed by atoms with Gasteiger partial charge in [0.2, 0.25) is 5.69 Å². The number of aromatic nitrogens is 2. The van der Waals surface area contributed by atoms with Gasteiger partial charge in [0.15, 0.2) is 5.69 Å². The molecular weight excluding hydrogens is 454 g/mol. The van der Waals surface area contributed by atoms with Crippen LogP contribution in [-0.4, -0.2) is 31.1 Å². The highest BCUT2D eigenvalue weighted by atomic mass is 19.3. The highest BCUT2D eigenvalue weighted by Gasteiger charge is 2.30. The zero-order valence-electron chi connectivity index (χ0n) is 20.1. The highest BCUT2D eigenvalue weighted by molar-refractivity contribution is 6.02. The Hall–Kier alpha value is -3.46. The summed E-state index contributed by atoms with van der Waals surface area (Å²) in [5.74, 6) is -2.38. The summed E-state index contributed by atoms with van der Waals surface area (Å²) >= 11 is 0. The average molecular weight is 485 g/mol. The normalized spacial score (nSPS) is 14.7. The zero-order valence-corrected chi connectivity index (χ0v) is 20.1. The summed E-state index contributed by atoms with van der Waals surface area (Å²) in [6.45, 7) is 4.85. The second kappa shape index (κ2) is 10.0. The van der Waals surface area contributed by atoms with Crippen molar-refractivity contribution in [3.8, 4) is 17.1 Å². The van der Waals surface area contributed by atoms with Gasteiger partial charge in [-0.05, 0) is 67.7 Å². The van der Waals surface area contributed by atoms with Crippen LogP contribution < -0.4 is 20.1 Å². The van der Waals surface area contributed by atoms with E-state index in [9.17, 15) is 18.8 Å². The lowest BCUT2D eigenvalue weighted by Crippen LogP contribution is -2.36. The van der Waals surface area contributed by atoms with E-state index in [1.807, 2.05) is 12.1 Å². The SMILES string of the molecule is CCC(F)(F)c1cccc(NC(=O)c2c(C)[nH]c(-c3ccc(OC)c(C4CCNCC4)c3)[n+]2[O-])c1. The van der Waals surface area contributed by atoms with Crippen molar-refractivity contribution in [3.63, 3.8) is 0 Å². The summed E-state index contributed by atoms with van der Waals surface area (Å²) in [6, 6.07) is 11.1. The van der Waals surface area contributed by atoms with Crippen molar-refractivity contribution in [2.45, 2.75) is 45.0 Å². The zero-order chi connectivity index (χ0) is 25.2. The van der Waals surface area contributed by atoms with Crippen LogP contribution in [0.4, 0.5) is 14.5 Å². The van der Waals surface area contributed by atoms with Gasteiger partial charge in [-0.15, -0.1) is 0 Å². The number of aromatic amines is 1. The molecular formula is C26H30F2N4O3. The number of alkyl halides is 2. The number of imidazole rings is 1. The number of nitrogens with zero attached hydrogens (tertiary/aromatic N) is 1. The largest absolute Gasteiger partial charge is 0.710 e. The van der Waals surface area contributed by atoms with Crippen LogP contribution in [-0.2, 0) is 5.92 Å². The Morgan fingerprint density at radius 1 is 1.23 bits per heavy atom. The molecule has 0 saturated carbocycles. The number of ether oxygens (including phenoxy) is 1. The van der Waals surface area contributed by atoms with Crippen LogP contribution in [0, 0.1) is 12.1 Å². The van der Waals surface area contributed by atoms with Crippen LogP contribution in [0.25, 0.3) is 11.4 Å². The lowest BCUT2D eigenvalue weighted by Gasteiger charge is -2.24. The summed E-state index contributed by atoms with van der Waals surface area (Å²) in [6.07, 6.45) is 1.57. The third-order valence-electron chi connectivity index (χ3n) is 6.55. The molecule has 0 atom stereocenters. The number of H-pyrrole nitrogens is 1. The molecule has 0 unspecified atom stereocenters. The van der Waals surface area contributed by atoms with Gasteiger partial charge in [0.05, 0.1) is 12.7 Å². The van der Waals surface area contributed by atoms with Gasteiger partial charge in [-0.2, -0.15) is 0 Å². The van der Waals surface area contributed by atoms with Crippen molar-refractivity contribution < 1.29 is 23.0 Å². The van der Waals surface area contributed by atoms with Crippen molar-refractivity contribution in [3.05, 3.63) is 70.2 Å². The number of carbonyl (C=O) groups excluding carboxylic acids is 1. The Bertz CT molecular complexity index is 1220. The summed E-state index contributed by atoms with van der Waals surface area (Å²) in [7, 11) is 1.62. The van der Waals surface area contributed by atoms with Crippen molar-refractivity contribution in [1.29, 1.82) is 0 Å². The molecule has 2 heterocycles. The predicted molar refractivity (Wildman–Crippen MR) is 130 cm³/mol. The number of nitrogens with one attached hydrogen (secondary N) is 3. The molecule has 3 N–H and O–H groups in total. The van der Waals surface area contributed by atoms with Gasteiger partial charge in [-0.25, -0.2) is 18.5 Å². The van der Waals surface area contributed by atoms with Gasteiger partial charge in [-0.1, -0.05) is 19.1 Å². The Labute approximate surface area is 203 Å². The minimum Gasteiger partial charge on any atom is -0.710 e. The molecule has 3 aromatic rings. The molecule has 0 bridgehead atoms. The van der Waals surface area contributed by atoms with Crippen LogP contribution in [0.5, 0.6) is 5.75 Å². The van der Waals surface area contributed by atoms with Crippen molar-refractivity contribution >= 4 is 11.6 Å². The maximum atomic E-state index is 14.1. The number of hydrogen-bond acceptors (Lipinski definition) is 4. The molecule has 35 heavy (non-hydrogen) atoms. The second-order valence-electron chi connectivity index (χ2n) is 8.82. The lowest BCUT2D eigenvalue weighted by atomic mass is 9.88. The third kappa shape index (κ3) is 5.00. The van der Waals surface area contributed by atoms with Gasteiger partial charge in [0.1, 0.15) is 5.75 Å². The van der Waals surface area contributed by atoms with E-state index in [2.05, 4.69) is 15.6 Å². The molecule has 0 radical (unpaired) electrons. The van der Waals surface area contributed by atoms with Crippen molar-refractivity contribution in [1.82, 2.24) is 10.3 Å². The molecule has 9 heteroatoms. The van der Waals surface area contributed by atoms with E-state index >= 15 is 0 Å². The van der Waals surface area contributed by atoms with Gasteiger partial charge in [0.25, 0.3) is 17.7 Å². The third-order valence-corrected chi connectivity index (χ3v) is 6.55. The number of methoxy groups -OCH3 is 1. The second-order valence-corrected chi connectivity index (χ2v) is 8.82. The highest BCUT2D eigenvalue weighted by Crippen LogP contribution is 2.35. The molecule has 1 aromatic heterocycles. The molecule has 0 aliphatic carbocycles. The van der Waals surface area contributed by atoms with Gasteiger partial charge < -0.3 is 20.6 Å². The quantitative estimate of drug-likeness (QED) is 0.330. The van der Waals surface area contributed by atoms with E-state index in [0.29, 0.717) is 21.9 Å². The molecule has 186 valence electrons. The number of amides is 1. The Morgan fingerprint density at radius 2 is 1.97 bits per heavy atom. The molecule has 1 amide bonds. The van der Waals surface area contributed by atoms with Gasteiger partial charge in [0, 0.05) is 24.6 Å². The Balaban J connectivity index is 1.64. The lowest BCUT2D eigenvalue weighted by molar-refractivity contribution is -0.594. The van der Waals surface area contributed by atoms with E-state index in [4.69, 9.17) is 4.74 Å². The number of hydrogen-bond donors (Lipinski definition) is 3. The fourth-order valence-corrected chi connectivity index (χ4v) is 4.56. The van der Waals surface area contributed by atoms with Crippen LogP contribution in [0.2, 0.25) is 0 Å². The summed E-state index contributed by atoms with van der Waals surface area (Å²) in [4.78, 5) is 16.0. The van der Waals surface area contributed by atoms with Gasteiger partial charge >= 0.3 is 0 Å². The number of anilines is 1. The number of rotatable bonds is 7. The smallest absolute Gasteiger partial charge is 0.300 e. The summed E-state index contributed by atoms with van der Waals surface area (Å²) < 4.78 is 34.3. The van der Waals surface area contributed by atoms with Crippen LogP contribution in [0.3, 0.4) is 0 Å². The maximum absolute atomic E-state index is 14.1. The van der Waals surface area contributed by atoms with Crippen LogP contribution in [0.15, 0.2) is 42.5 Å². The molecule has 0 spiro atoms. The molecule has 1 fully saturated rings. The molecule has 1 aliphatic heterocycles. The Kier molecular flexibility index (Phi) is 7.07. The molecule has 7 nitrogen and oxygen atoms in total. The van der Waals surface area contributed by atoms with Crippen molar-refractivity contribution in [2.75, 3.05) is 25.5 Å². The maximum Gasteiger partial charge on any atom is 0.300 e. The van der Waals surface area contributed by atoms with E-state index in [0.717, 1.165) is 37.2 Å². The van der Waals surface area contributed by atoms with E-state index in [-0.39, 0.29) is 29.2 Å². The number of aryl methyl sites for hydroxylation is 1. The van der Waals surface area contributed by atoms with E-state index in [1.54, 1.807) is 20.1 Å². The number of benzene rings is 2. The van der Waals surface area contributed by atoms with Gasteiger partial charge in [-0.3, -0.25) is 4.79 Å². The first-order chi connectivity index (χ1) is 16.7. The topological polar surface area (TPSA) is 93.1 Å². The molecule has 4 rings (SSSR count). The van der Waals surface area contributed by atoms with Crippen molar-refractivity contribution in [2.24, 2.45) is 0 Å². The molecule has 1 aliphatic rings.